The Bertz CT molecular complexity index is 569. The maximum atomic E-state index is 5.28. The Morgan fingerprint density at radius 3 is 2.81 bits per heavy atom. The van der Waals surface area contributed by atoms with Crippen molar-refractivity contribution in [1.29, 1.82) is 0 Å². The smallest absolute Gasteiger partial charge is 0.151 e. The molecule has 3 heterocycles. The minimum absolute atomic E-state index is 0.773. The number of aromatic nitrogens is 3. The lowest BCUT2D eigenvalue weighted by Gasteiger charge is -1.91. The van der Waals surface area contributed by atoms with Crippen molar-refractivity contribution in [2.45, 2.75) is 0 Å². The van der Waals surface area contributed by atoms with Crippen LogP contribution in [0.15, 0.2) is 53.3 Å². The number of nitrogens with one attached hydrogen (secondary N) is 1. The van der Waals surface area contributed by atoms with Crippen LogP contribution in [-0.4, -0.2) is 15.2 Å². The lowest BCUT2D eigenvalue weighted by atomic mass is 10.2. The molecule has 3 aromatic rings. The highest BCUT2D eigenvalue weighted by atomic mass is 16.3. The van der Waals surface area contributed by atoms with Crippen molar-refractivity contribution >= 4 is 0 Å². The molecule has 4 nitrogen and oxygen atoms in total. The summed E-state index contributed by atoms with van der Waals surface area (Å²) in [5, 5.41) is 7.12. The van der Waals surface area contributed by atoms with Crippen molar-refractivity contribution in [2.75, 3.05) is 0 Å². The van der Waals surface area contributed by atoms with Gasteiger partial charge < -0.3 is 4.42 Å². The number of nitrogens with zero attached hydrogens (tertiary/aromatic N) is 2. The van der Waals surface area contributed by atoms with Gasteiger partial charge in [-0.25, -0.2) is 0 Å². The number of hydrogen-bond donors (Lipinski definition) is 1. The van der Waals surface area contributed by atoms with Gasteiger partial charge in [-0.05, 0) is 30.3 Å². The Hall–Kier alpha value is -2.36. The third kappa shape index (κ3) is 1.50. The number of hydrogen-bond acceptors (Lipinski definition) is 3. The third-order valence-electron chi connectivity index (χ3n) is 2.29. The average Bonchev–Trinajstić information content (AvgIpc) is 3.01. The maximum Gasteiger partial charge on any atom is 0.151 e. The van der Waals surface area contributed by atoms with Crippen LogP contribution < -0.4 is 0 Å². The van der Waals surface area contributed by atoms with Gasteiger partial charge in [0.05, 0.1) is 12.0 Å². The monoisotopic (exact) mass is 211 g/mol. The lowest BCUT2D eigenvalue weighted by Crippen LogP contribution is -1.80. The molecular formula is C12H9N3O. The molecule has 78 valence electrons. The molecule has 0 unspecified atom stereocenters. The van der Waals surface area contributed by atoms with E-state index in [0.29, 0.717) is 0 Å². The molecule has 4 heteroatoms. The summed E-state index contributed by atoms with van der Waals surface area (Å²) in [6.45, 7) is 0. The van der Waals surface area contributed by atoms with E-state index in [0.717, 1.165) is 22.8 Å². The zero-order valence-corrected chi connectivity index (χ0v) is 8.42. The Kier molecular flexibility index (Phi) is 2.04. The number of aromatic amines is 1. The second-order valence-electron chi connectivity index (χ2n) is 3.36. The average molecular weight is 211 g/mol. The molecular weight excluding hydrogens is 202 g/mol. The molecule has 0 fully saturated rings. The maximum absolute atomic E-state index is 5.28. The quantitative estimate of drug-likeness (QED) is 0.709. The van der Waals surface area contributed by atoms with E-state index in [1.807, 2.05) is 36.4 Å². The molecule has 0 spiro atoms. The summed E-state index contributed by atoms with van der Waals surface area (Å²) in [5.74, 6) is 0.773. The van der Waals surface area contributed by atoms with Crippen LogP contribution in [0.1, 0.15) is 0 Å². The van der Waals surface area contributed by atoms with E-state index >= 15 is 0 Å². The van der Waals surface area contributed by atoms with E-state index in [4.69, 9.17) is 4.42 Å². The molecule has 0 atom stereocenters. The van der Waals surface area contributed by atoms with Gasteiger partial charge >= 0.3 is 0 Å². The second-order valence-corrected chi connectivity index (χ2v) is 3.36. The van der Waals surface area contributed by atoms with E-state index in [2.05, 4.69) is 15.2 Å². The van der Waals surface area contributed by atoms with Crippen LogP contribution in [0.2, 0.25) is 0 Å². The van der Waals surface area contributed by atoms with Gasteiger partial charge in [0.25, 0.3) is 0 Å². The van der Waals surface area contributed by atoms with Gasteiger partial charge in [-0.3, -0.25) is 10.1 Å². The van der Waals surface area contributed by atoms with Crippen LogP contribution in [0.3, 0.4) is 0 Å². The van der Waals surface area contributed by atoms with Crippen LogP contribution in [0.4, 0.5) is 0 Å². The summed E-state index contributed by atoms with van der Waals surface area (Å²) in [6, 6.07) is 11.4. The van der Waals surface area contributed by atoms with Crippen LogP contribution in [0.5, 0.6) is 0 Å². The fourth-order valence-corrected chi connectivity index (χ4v) is 1.53. The predicted octanol–water partition coefficient (Wildman–Crippen LogP) is 2.73. The van der Waals surface area contributed by atoms with Crippen molar-refractivity contribution in [3.05, 3.63) is 48.9 Å². The van der Waals surface area contributed by atoms with Gasteiger partial charge in [0.2, 0.25) is 0 Å². The Morgan fingerprint density at radius 2 is 2.06 bits per heavy atom. The standard InChI is InChI=1S/C12H9N3O/c1-2-6-13-9(4-1)10-8-11(15-14-10)12-5-3-7-16-12/h1-8H,(H,14,15). The zero-order chi connectivity index (χ0) is 10.8. The van der Waals surface area contributed by atoms with E-state index in [9.17, 15) is 0 Å². The summed E-state index contributed by atoms with van der Waals surface area (Å²) in [7, 11) is 0. The van der Waals surface area contributed by atoms with E-state index < -0.39 is 0 Å². The highest BCUT2D eigenvalue weighted by molar-refractivity contribution is 5.62. The molecule has 0 amide bonds. The van der Waals surface area contributed by atoms with Crippen LogP contribution in [-0.2, 0) is 0 Å². The molecule has 0 radical (unpaired) electrons. The second kappa shape index (κ2) is 3.66. The van der Waals surface area contributed by atoms with Crippen molar-refractivity contribution in [3.63, 3.8) is 0 Å². The SMILES string of the molecule is c1ccc(-c2cc(-c3ccco3)[nH]n2)nc1. The number of pyridine rings is 1. The molecule has 0 aliphatic rings. The Balaban J connectivity index is 2.00. The number of H-pyrrole nitrogens is 1. The minimum atomic E-state index is 0.773. The lowest BCUT2D eigenvalue weighted by molar-refractivity contribution is 0.580. The highest BCUT2D eigenvalue weighted by Gasteiger charge is 2.07. The van der Waals surface area contributed by atoms with Gasteiger partial charge in [0.1, 0.15) is 11.4 Å². The number of rotatable bonds is 2. The predicted molar refractivity (Wildman–Crippen MR) is 59.5 cm³/mol. The minimum Gasteiger partial charge on any atom is -0.463 e. The highest BCUT2D eigenvalue weighted by Crippen LogP contribution is 2.22. The summed E-state index contributed by atoms with van der Waals surface area (Å²) in [4.78, 5) is 4.23. The molecule has 0 saturated carbocycles. The molecule has 3 rings (SSSR count). The molecule has 3 aromatic heterocycles. The first-order valence-corrected chi connectivity index (χ1v) is 4.94. The van der Waals surface area contributed by atoms with Crippen LogP contribution in [0, 0.1) is 0 Å². The van der Waals surface area contributed by atoms with Crippen molar-refractivity contribution in [2.24, 2.45) is 0 Å². The Labute approximate surface area is 92.0 Å². The molecule has 0 bridgehead atoms. The van der Waals surface area contributed by atoms with Crippen molar-refractivity contribution in [3.8, 4) is 22.8 Å². The fraction of sp³-hybridized carbons (Fsp3) is 0. The molecule has 0 aliphatic carbocycles. The number of furan rings is 1. The fourth-order valence-electron chi connectivity index (χ4n) is 1.53. The first-order chi connectivity index (χ1) is 7.93. The van der Waals surface area contributed by atoms with Gasteiger partial charge in [-0.1, -0.05) is 6.07 Å². The first kappa shape index (κ1) is 8.91. The molecule has 16 heavy (non-hydrogen) atoms. The third-order valence-corrected chi connectivity index (χ3v) is 2.29. The normalized spacial score (nSPS) is 10.5. The van der Waals surface area contributed by atoms with Crippen molar-refractivity contribution < 1.29 is 4.42 Å². The van der Waals surface area contributed by atoms with E-state index in [1.165, 1.54) is 0 Å². The van der Waals surface area contributed by atoms with Crippen LogP contribution in [0.25, 0.3) is 22.8 Å². The van der Waals surface area contributed by atoms with Gasteiger partial charge in [0.15, 0.2) is 5.76 Å². The van der Waals surface area contributed by atoms with E-state index in [1.54, 1.807) is 12.5 Å². The van der Waals surface area contributed by atoms with Gasteiger partial charge in [-0.2, -0.15) is 5.10 Å². The molecule has 0 aromatic carbocycles. The largest absolute Gasteiger partial charge is 0.463 e. The van der Waals surface area contributed by atoms with Crippen molar-refractivity contribution in [1.82, 2.24) is 15.2 Å². The Morgan fingerprint density at radius 1 is 1.06 bits per heavy atom. The zero-order valence-electron chi connectivity index (χ0n) is 8.42. The molecule has 1 N–H and O–H groups in total. The first-order valence-electron chi connectivity index (χ1n) is 4.94. The van der Waals surface area contributed by atoms with Gasteiger partial charge in [0, 0.05) is 6.20 Å². The van der Waals surface area contributed by atoms with Gasteiger partial charge in [-0.15, -0.1) is 0 Å². The topological polar surface area (TPSA) is 54.7 Å². The summed E-state index contributed by atoms with van der Waals surface area (Å²) >= 11 is 0. The molecule has 0 saturated heterocycles. The summed E-state index contributed by atoms with van der Waals surface area (Å²) < 4.78 is 5.28. The summed E-state index contributed by atoms with van der Waals surface area (Å²) in [5.41, 5.74) is 2.51. The van der Waals surface area contributed by atoms with Crippen LogP contribution >= 0.6 is 0 Å². The molecule has 0 aliphatic heterocycles. The summed E-state index contributed by atoms with van der Waals surface area (Å²) in [6.07, 6.45) is 3.38. The van der Waals surface area contributed by atoms with E-state index in [-0.39, 0.29) is 0 Å².